The van der Waals surface area contributed by atoms with Crippen LogP contribution >= 0.6 is 54.8 Å². The first-order valence-electron chi connectivity index (χ1n) is 5.49. The number of hydrogen-bond acceptors (Lipinski definition) is 3. The van der Waals surface area contributed by atoms with E-state index >= 15 is 0 Å². The Morgan fingerprint density at radius 1 is 1.50 bits per heavy atom. The molecule has 1 aromatic heterocycles. The van der Waals surface area contributed by atoms with Gasteiger partial charge in [-0.2, -0.15) is 4.31 Å². The summed E-state index contributed by atoms with van der Waals surface area (Å²) in [5.41, 5.74) is 0. The van der Waals surface area contributed by atoms with E-state index in [1.165, 1.54) is 17.4 Å². The summed E-state index contributed by atoms with van der Waals surface area (Å²) in [4.78, 5) is 0. The van der Waals surface area contributed by atoms with Crippen LogP contribution in [0.1, 0.15) is 19.3 Å². The molecule has 0 spiro atoms. The van der Waals surface area contributed by atoms with Crippen molar-refractivity contribution in [1.29, 1.82) is 0 Å². The highest BCUT2D eigenvalue weighted by Crippen LogP contribution is 2.37. The highest BCUT2D eigenvalue weighted by Gasteiger charge is 2.34. The Labute approximate surface area is 133 Å². The minimum absolute atomic E-state index is 0.0448. The maximum absolute atomic E-state index is 12.6. The second-order valence-corrected chi connectivity index (χ2v) is 9.65. The molecule has 1 unspecified atom stereocenters. The lowest BCUT2D eigenvalue weighted by atomic mass is 10.1. The number of piperidine rings is 1. The standard InChI is InChI=1S/C10H12Br2ClNO2S2/c11-6-7-3-1-2-4-14(7)18(15,16)9-5-8(13)10(12)17-9/h5,7H,1-4,6H2. The summed E-state index contributed by atoms with van der Waals surface area (Å²) in [7, 11) is -3.42. The van der Waals surface area contributed by atoms with Crippen LogP contribution in [0.5, 0.6) is 0 Å². The lowest BCUT2D eigenvalue weighted by Gasteiger charge is -2.33. The largest absolute Gasteiger partial charge is 0.252 e. The Bertz CT molecular complexity index is 512. The number of hydrogen-bond donors (Lipinski definition) is 0. The molecule has 0 radical (unpaired) electrons. The summed E-state index contributed by atoms with van der Waals surface area (Å²) in [5.74, 6) is 0. The van der Waals surface area contributed by atoms with Gasteiger partial charge in [0.15, 0.2) is 0 Å². The SMILES string of the molecule is O=S(=O)(c1cc(Cl)c(Br)s1)N1CCCCC1CBr. The minimum atomic E-state index is -3.42. The lowest BCUT2D eigenvalue weighted by molar-refractivity contribution is 0.274. The van der Waals surface area contributed by atoms with Crippen molar-refractivity contribution < 1.29 is 8.42 Å². The van der Waals surface area contributed by atoms with E-state index in [0.717, 1.165) is 19.3 Å². The van der Waals surface area contributed by atoms with Crippen molar-refractivity contribution in [2.24, 2.45) is 0 Å². The van der Waals surface area contributed by atoms with E-state index in [1.807, 2.05) is 0 Å². The molecule has 0 saturated carbocycles. The van der Waals surface area contributed by atoms with Crippen molar-refractivity contribution in [3.05, 3.63) is 14.9 Å². The molecule has 3 nitrogen and oxygen atoms in total. The Hall–Kier alpha value is 0.860. The van der Waals surface area contributed by atoms with Crippen molar-refractivity contribution in [2.45, 2.75) is 29.5 Å². The van der Waals surface area contributed by atoms with Crippen LogP contribution in [0.15, 0.2) is 14.1 Å². The van der Waals surface area contributed by atoms with Crippen LogP contribution in [-0.2, 0) is 10.0 Å². The molecule has 1 aliphatic heterocycles. The van der Waals surface area contributed by atoms with Crippen LogP contribution < -0.4 is 0 Å². The van der Waals surface area contributed by atoms with Gasteiger partial charge in [0, 0.05) is 17.9 Å². The summed E-state index contributed by atoms with van der Waals surface area (Å²) in [6, 6.07) is 1.56. The molecule has 1 fully saturated rings. The monoisotopic (exact) mass is 435 g/mol. The van der Waals surface area contributed by atoms with Gasteiger partial charge in [0.1, 0.15) is 4.21 Å². The van der Waals surface area contributed by atoms with E-state index < -0.39 is 10.0 Å². The molecule has 1 aromatic rings. The number of thiophene rings is 1. The zero-order chi connectivity index (χ0) is 13.3. The molecule has 18 heavy (non-hydrogen) atoms. The molecule has 0 N–H and O–H groups in total. The third-order valence-electron chi connectivity index (χ3n) is 2.94. The van der Waals surface area contributed by atoms with E-state index in [2.05, 4.69) is 31.9 Å². The first-order valence-corrected chi connectivity index (χ1v) is 10.0. The highest BCUT2D eigenvalue weighted by molar-refractivity contribution is 9.11. The molecule has 0 amide bonds. The van der Waals surface area contributed by atoms with E-state index in [4.69, 9.17) is 11.6 Å². The van der Waals surface area contributed by atoms with Gasteiger partial charge in [0.05, 0.1) is 8.81 Å². The van der Waals surface area contributed by atoms with Crippen molar-refractivity contribution in [3.63, 3.8) is 0 Å². The van der Waals surface area contributed by atoms with Gasteiger partial charge in [0.2, 0.25) is 0 Å². The number of halogens is 3. The number of alkyl halides is 1. The predicted molar refractivity (Wildman–Crippen MR) is 82.4 cm³/mol. The summed E-state index contributed by atoms with van der Waals surface area (Å²) in [6.45, 7) is 0.589. The number of nitrogens with zero attached hydrogens (tertiary/aromatic N) is 1. The smallest absolute Gasteiger partial charge is 0.206 e. The van der Waals surface area contributed by atoms with E-state index in [1.54, 1.807) is 4.31 Å². The molecule has 1 aliphatic rings. The van der Waals surface area contributed by atoms with Gasteiger partial charge in [-0.1, -0.05) is 34.0 Å². The van der Waals surface area contributed by atoms with Crippen molar-refractivity contribution in [1.82, 2.24) is 4.31 Å². The minimum Gasteiger partial charge on any atom is -0.206 e. The van der Waals surface area contributed by atoms with Crippen LogP contribution in [0.2, 0.25) is 5.02 Å². The van der Waals surface area contributed by atoms with Gasteiger partial charge in [-0.15, -0.1) is 11.3 Å². The van der Waals surface area contributed by atoms with Gasteiger partial charge in [-0.25, -0.2) is 8.42 Å². The van der Waals surface area contributed by atoms with Gasteiger partial charge in [-0.05, 0) is 34.8 Å². The fourth-order valence-electron chi connectivity index (χ4n) is 2.01. The van der Waals surface area contributed by atoms with Gasteiger partial charge >= 0.3 is 0 Å². The lowest BCUT2D eigenvalue weighted by Crippen LogP contribution is -2.44. The molecule has 0 bridgehead atoms. The van der Waals surface area contributed by atoms with Crippen LogP contribution in [0, 0.1) is 0 Å². The topological polar surface area (TPSA) is 37.4 Å². The summed E-state index contributed by atoms with van der Waals surface area (Å²) in [6.07, 6.45) is 2.91. The molecule has 102 valence electrons. The quantitative estimate of drug-likeness (QED) is 0.668. The highest BCUT2D eigenvalue weighted by atomic mass is 79.9. The zero-order valence-electron chi connectivity index (χ0n) is 9.40. The molecular formula is C10H12Br2ClNO2S2. The average molecular weight is 438 g/mol. The van der Waals surface area contributed by atoms with Gasteiger partial charge < -0.3 is 0 Å². The van der Waals surface area contributed by atoms with E-state index in [0.29, 0.717) is 24.9 Å². The fraction of sp³-hybridized carbons (Fsp3) is 0.600. The van der Waals surface area contributed by atoms with Crippen molar-refractivity contribution in [2.75, 3.05) is 11.9 Å². The molecule has 0 aliphatic carbocycles. The molecule has 8 heteroatoms. The summed E-state index contributed by atoms with van der Waals surface area (Å²) in [5, 5.41) is 1.12. The number of sulfonamides is 1. The van der Waals surface area contributed by atoms with E-state index in [9.17, 15) is 8.42 Å². The maximum Gasteiger partial charge on any atom is 0.252 e. The first kappa shape index (κ1) is 15.3. The van der Waals surface area contributed by atoms with Crippen LogP contribution in [0.25, 0.3) is 0 Å². The molecule has 1 atom stereocenters. The summed E-state index contributed by atoms with van der Waals surface area (Å²) < 4.78 is 27.7. The Morgan fingerprint density at radius 3 is 2.78 bits per heavy atom. The van der Waals surface area contributed by atoms with Crippen LogP contribution in [0.3, 0.4) is 0 Å². The van der Waals surface area contributed by atoms with Crippen LogP contribution in [0.4, 0.5) is 0 Å². The second-order valence-electron chi connectivity index (χ2n) is 4.11. The molecule has 2 heterocycles. The molecule has 2 rings (SSSR count). The Kier molecular flexibility index (Phi) is 5.17. The third kappa shape index (κ3) is 2.96. The van der Waals surface area contributed by atoms with E-state index in [-0.39, 0.29) is 6.04 Å². The molecule has 1 saturated heterocycles. The van der Waals surface area contributed by atoms with Gasteiger partial charge in [0.25, 0.3) is 10.0 Å². The second kappa shape index (κ2) is 6.10. The van der Waals surface area contributed by atoms with Crippen LogP contribution in [-0.4, -0.2) is 30.6 Å². The zero-order valence-corrected chi connectivity index (χ0v) is 15.0. The Morgan fingerprint density at radius 2 is 2.22 bits per heavy atom. The predicted octanol–water partition coefficient (Wildman–Crippen LogP) is 4.10. The molecule has 0 aromatic carbocycles. The average Bonchev–Trinajstić information content (AvgIpc) is 2.70. The number of rotatable bonds is 3. The van der Waals surface area contributed by atoms with Gasteiger partial charge in [-0.3, -0.25) is 0 Å². The van der Waals surface area contributed by atoms with Crippen molar-refractivity contribution in [3.8, 4) is 0 Å². The maximum atomic E-state index is 12.6. The first-order chi connectivity index (χ1) is 8.46. The Balaban J connectivity index is 2.35. The fourth-order valence-corrected chi connectivity index (χ4v) is 7.10. The molecular weight excluding hydrogens is 426 g/mol. The normalized spacial score (nSPS) is 22.3. The van der Waals surface area contributed by atoms with Crippen molar-refractivity contribution >= 4 is 64.8 Å². The summed E-state index contributed by atoms with van der Waals surface area (Å²) >= 11 is 13.7. The third-order valence-corrected chi connectivity index (χ3v) is 8.56.